The number of hydrogen-bond acceptors (Lipinski definition) is 9. The zero-order valence-corrected chi connectivity index (χ0v) is 31.6. The third-order valence-electron chi connectivity index (χ3n) is 8.40. The lowest BCUT2D eigenvalue weighted by molar-refractivity contribution is -0.153. The van der Waals surface area contributed by atoms with Crippen molar-refractivity contribution in [3.05, 3.63) is 47.7 Å². The molecule has 5 atom stereocenters. The van der Waals surface area contributed by atoms with Gasteiger partial charge in [-0.1, -0.05) is 85.4 Å². The van der Waals surface area contributed by atoms with Gasteiger partial charge >= 0.3 is 11.9 Å². The maximum absolute atomic E-state index is 13.6. The van der Waals surface area contributed by atoms with Gasteiger partial charge in [-0.15, -0.1) is 0 Å². The standard InChI is InChI=1S/C35H46Cl3N5O7/c1-8-20(2)29(30(45)39-21(3)31(46)43-17-9-10-27(42-43)32(47)49-19-35(36,37)38)41-33(48)34(6,7)16-15-24-11-12-25-13-14-26(40-28(25)18-24)22(4)50-23(5)44/h11-16,18,20-22,27,29,42H,8-10,17,19H2,1-7H3,(H,39,45)(H,41,48). The molecule has 50 heavy (non-hydrogen) atoms. The number of halogens is 3. The topological polar surface area (TPSA) is 156 Å². The minimum absolute atomic E-state index is 0.249. The Morgan fingerprint density at radius 1 is 1.08 bits per heavy atom. The zero-order valence-electron chi connectivity index (χ0n) is 29.3. The summed E-state index contributed by atoms with van der Waals surface area (Å²) < 4.78 is 8.54. The van der Waals surface area contributed by atoms with E-state index in [2.05, 4.69) is 21.0 Å². The Balaban J connectivity index is 1.66. The second-order valence-corrected chi connectivity index (χ2v) is 15.6. The van der Waals surface area contributed by atoms with Crippen molar-refractivity contribution in [3.63, 3.8) is 0 Å². The van der Waals surface area contributed by atoms with Crippen molar-refractivity contribution in [2.45, 2.75) is 95.8 Å². The molecule has 1 saturated heterocycles. The van der Waals surface area contributed by atoms with Gasteiger partial charge in [0.1, 0.15) is 30.8 Å². The summed E-state index contributed by atoms with van der Waals surface area (Å²) in [6, 6.07) is 6.70. The summed E-state index contributed by atoms with van der Waals surface area (Å²) in [7, 11) is 0. The third-order valence-corrected chi connectivity index (χ3v) is 8.73. The summed E-state index contributed by atoms with van der Waals surface area (Å²) in [6.45, 7) is 11.7. The van der Waals surface area contributed by atoms with E-state index in [4.69, 9.17) is 44.3 Å². The first-order valence-corrected chi connectivity index (χ1v) is 17.6. The van der Waals surface area contributed by atoms with E-state index in [-0.39, 0.29) is 11.8 Å². The van der Waals surface area contributed by atoms with Gasteiger partial charge in [0.2, 0.25) is 15.6 Å². The number of carbonyl (C=O) groups is 5. The van der Waals surface area contributed by atoms with E-state index in [9.17, 15) is 24.0 Å². The Bertz CT molecular complexity index is 1600. The molecule has 2 aromatic rings. The number of alkyl halides is 3. The number of carbonyl (C=O) groups excluding carboxylic acids is 5. The van der Waals surface area contributed by atoms with Crippen LogP contribution in [-0.4, -0.2) is 74.7 Å². The maximum atomic E-state index is 13.6. The van der Waals surface area contributed by atoms with Crippen LogP contribution in [0.1, 0.15) is 85.1 Å². The molecule has 1 aliphatic rings. The van der Waals surface area contributed by atoms with E-state index >= 15 is 0 Å². The van der Waals surface area contributed by atoms with Crippen molar-refractivity contribution in [2.75, 3.05) is 13.2 Å². The second kappa shape index (κ2) is 17.7. The summed E-state index contributed by atoms with van der Waals surface area (Å²) in [5.74, 6) is -2.66. The number of benzene rings is 1. The van der Waals surface area contributed by atoms with E-state index in [0.29, 0.717) is 37.0 Å². The number of hydrazine groups is 1. The number of hydrogen-bond donors (Lipinski definition) is 3. The van der Waals surface area contributed by atoms with Gasteiger partial charge < -0.3 is 20.1 Å². The number of ether oxygens (including phenoxy) is 2. The molecular formula is C35H46Cl3N5O7. The fourth-order valence-electron chi connectivity index (χ4n) is 5.17. The van der Waals surface area contributed by atoms with E-state index in [1.807, 2.05) is 50.3 Å². The summed E-state index contributed by atoms with van der Waals surface area (Å²) >= 11 is 17.0. The number of pyridine rings is 1. The number of fused-ring (bicyclic) bond motifs is 1. The fraction of sp³-hybridized carbons (Fsp3) is 0.543. The van der Waals surface area contributed by atoms with Crippen LogP contribution in [0, 0.1) is 11.3 Å². The smallest absolute Gasteiger partial charge is 0.325 e. The minimum Gasteiger partial charge on any atom is -0.460 e. The minimum atomic E-state index is -1.76. The molecule has 2 heterocycles. The molecule has 3 rings (SSSR count). The number of nitrogens with zero attached hydrogens (tertiary/aromatic N) is 2. The lowest BCUT2D eigenvalue weighted by Crippen LogP contribution is -2.61. The Morgan fingerprint density at radius 3 is 2.40 bits per heavy atom. The van der Waals surface area contributed by atoms with E-state index in [1.54, 1.807) is 26.8 Å². The quantitative estimate of drug-likeness (QED) is 0.182. The number of nitrogens with one attached hydrogen (secondary N) is 3. The zero-order chi connectivity index (χ0) is 37.4. The van der Waals surface area contributed by atoms with Gasteiger partial charge in [0.15, 0.2) is 0 Å². The molecule has 1 fully saturated rings. The van der Waals surface area contributed by atoms with Crippen LogP contribution in [-0.2, 0) is 33.4 Å². The molecule has 5 unspecified atom stereocenters. The predicted molar refractivity (Wildman–Crippen MR) is 193 cm³/mol. The van der Waals surface area contributed by atoms with Gasteiger partial charge in [0.25, 0.3) is 5.91 Å². The Kier molecular flexibility index (Phi) is 14.5. The first kappa shape index (κ1) is 41.0. The highest BCUT2D eigenvalue weighted by atomic mass is 35.6. The van der Waals surface area contributed by atoms with Crippen LogP contribution in [0.4, 0.5) is 0 Å². The molecule has 1 aromatic heterocycles. The number of esters is 2. The molecule has 1 aliphatic heterocycles. The number of aromatic nitrogens is 1. The summed E-state index contributed by atoms with van der Waals surface area (Å²) in [4.78, 5) is 68.8. The van der Waals surface area contributed by atoms with Crippen LogP contribution in [0.3, 0.4) is 0 Å². The maximum Gasteiger partial charge on any atom is 0.325 e. The van der Waals surface area contributed by atoms with E-state index in [1.165, 1.54) is 18.9 Å². The monoisotopic (exact) mass is 753 g/mol. The molecule has 3 amide bonds. The summed E-state index contributed by atoms with van der Waals surface area (Å²) in [6.07, 6.45) is 4.57. The lowest BCUT2D eigenvalue weighted by Gasteiger charge is -2.35. The van der Waals surface area contributed by atoms with Crippen molar-refractivity contribution in [3.8, 4) is 0 Å². The highest BCUT2D eigenvalue weighted by Gasteiger charge is 2.36. The molecular weight excluding hydrogens is 709 g/mol. The van der Waals surface area contributed by atoms with Gasteiger partial charge in [-0.05, 0) is 64.2 Å². The molecule has 0 radical (unpaired) electrons. The Morgan fingerprint density at radius 2 is 1.76 bits per heavy atom. The first-order chi connectivity index (χ1) is 23.3. The Hall–Kier alpha value is -3.45. The van der Waals surface area contributed by atoms with Gasteiger partial charge in [0, 0.05) is 18.9 Å². The largest absolute Gasteiger partial charge is 0.460 e. The summed E-state index contributed by atoms with van der Waals surface area (Å²) in [5, 5.41) is 7.79. The molecule has 0 aliphatic carbocycles. The van der Waals surface area contributed by atoms with E-state index in [0.717, 1.165) is 10.9 Å². The van der Waals surface area contributed by atoms with Crippen LogP contribution >= 0.6 is 34.8 Å². The number of rotatable bonds is 13. The second-order valence-electron chi connectivity index (χ2n) is 13.1. The number of amides is 3. The van der Waals surface area contributed by atoms with Gasteiger partial charge in [-0.2, -0.15) is 0 Å². The SMILES string of the molecule is CCC(C)C(NC(=O)C(C)(C)C=Cc1ccc2ccc(C(C)OC(C)=O)nc2c1)C(=O)NC(C)C(=O)N1CCCC(C(=O)OCC(Cl)(Cl)Cl)N1. The molecule has 274 valence electrons. The molecule has 3 N–H and O–H groups in total. The van der Waals surface area contributed by atoms with Crippen LogP contribution in [0.25, 0.3) is 17.0 Å². The van der Waals surface area contributed by atoms with Gasteiger partial charge in [-0.25, -0.2) is 10.4 Å². The van der Waals surface area contributed by atoms with Crippen molar-refractivity contribution in [1.29, 1.82) is 0 Å². The summed E-state index contributed by atoms with van der Waals surface area (Å²) in [5.41, 5.74) is 3.96. The van der Waals surface area contributed by atoms with E-state index < -0.39 is 63.8 Å². The predicted octanol–water partition coefficient (Wildman–Crippen LogP) is 5.34. The molecule has 12 nitrogen and oxygen atoms in total. The fourth-order valence-corrected chi connectivity index (χ4v) is 5.33. The average Bonchev–Trinajstić information content (AvgIpc) is 3.06. The first-order valence-electron chi connectivity index (χ1n) is 16.5. The van der Waals surface area contributed by atoms with Crippen molar-refractivity contribution in [1.82, 2.24) is 26.1 Å². The normalized spacial score (nSPS) is 17.8. The molecule has 0 bridgehead atoms. The average molecular weight is 755 g/mol. The van der Waals surface area contributed by atoms with Crippen LogP contribution in [0.5, 0.6) is 0 Å². The van der Waals surface area contributed by atoms with Gasteiger partial charge in [-0.3, -0.25) is 29.0 Å². The highest BCUT2D eigenvalue weighted by Crippen LogP contribution is 2.27. The van der Waals surface area contributed by atoms with Crippen LogP contribution < -0.4 is 16.1 Å². The van der Waals surface area contributed by atoms with Crippen LogP contribution in [0.15, 0.2) is 36.4 Å². The van der Waals surface area contributed by atoms with Crippen molar-refractivity contribution < 1.29 is 33.4 Å². The van der Waals surface area contributed by atoms with Gasteiger partial charge in [0.05, 0.1) is 16.6 Å². The van der Waals surface area contributed by atoms with Crippen molar-refractivity contribution in [2.24, 2.45) is 11.3 Å². The molecule has 0 saturated carbocycles. The lowest BCUT2D eigenvalue weighted by atomic mass is 9.89. The molecule has 15 heteroatoms. The third kappa shape index (κ3) is 11.8. The molecule has 1 aromatic carbocycles. The van der Waals surface area contributed by atoms with Crippen LogP contribution in [0.2, 0.25) is 0 Å². The Labute approximate surface area is 307 Å². The molecule has 0 spiro atoms. The highest BCUT2D eigenvalue weighted by molar-refractivity contribution is 6.67. The van der Waals surface area contributed by atoms with Crippen molar-refractivity contribution >= 4 is 81.4 Å².